The van der Waals surface area contributed by atoms with E-state index in [1.54, 1.807) is 4.90 Å². The summed E-state index contributed by atoms with van der Waals surface area (Å²) in [6, 6.07) is 8.74. The highest BCUT2D eigenvalue weighted by atomic mass is 16.5. The van der Waals surface area contributed by atoms with Crippen LogP contribution in [0.1, 0.15) is 50.1 Å². The van der Waals surface area contributed by atoms with Gasteiger partial charge in [0.05, 0.1) is 24.6 Å². The van der Waals surface area contributed by atoms with Crippen LogP contribution in [-0.4, -0.2) is 53.6 Å². The number of carbonyl (C=O) groups excluding carboxylic acids is 3. The molecule has 0 aliphatic carbocycles. The normalized spacial score (nSPS) is 25.8. The van der Waals surface area contributed by atoms with Gasteiger partial charge in [0.15, 0.2) is 0 Å². The molecule has 162 valence electrons. The summed E-state index contributed by atoms with van der Waals surface area (Å²) in [6.45, 7) is 0.623. The van der Waals surface area contributed by atoms with Gasteiger partial charge in [0.2, 0.25) is 11.8 Å². The van der Waals surface area contributed by atoms with Crippen molar-refractivity contribution in [2.45, 2.75) is 50.6 Å². The molecule has 2 aliphatic heterocycles. The van der Waals surface area contributed by atoms with Crippen molar-refractivity contribution in [3.8, 4) is 0 Å². The molecule has 1 fully saturated rings. The number of nitrogens with zero attached hydrogens (tertiary/aromatic N) is 1. The lowest BCUT2D eigenvalue weighted by Crippen LogP contribution is -2.42. The van der Waals surface area contributed by atoms with Gasteiger partial charge >= 0.3 is 5.97 Å². The first-order valence-electron chi connectivity index (χ1n) is 10.6. The number of hydrogen-bond donors (Lipinski definition) is 2. The number of ether oxygens (including phenoxy) is 1. The molecule has 7 nitrogen and oxygen atoms in total. The van der Waals surface area contributed by atoms with Crippen LogP contribution in [0.3, 0.4) is 0 Å². The van der Waals surface area contributed by atoms with Crippen molar-refractivity contribution in [3.63, 3.8) is 0 Å². The minimum absolute atomic E-state index is 0.0516. The molecule has 3 atom stereocenters. The highest BCUT2D eigenvalue weighted by molar-refractivity contribution is 5.86. The van der Waals surface area contributed by atoms with Crippen molar-refractivity contribution in [1.82, 2.24) is 10.2 Å². The highest BCUT2D eigenvalue weighted by Gasteiger charge is 2.32. The van der Waals surface area contributed by atoms with Crippen molar-refractivity contribution >= 4 is 17.8 Å². The molecule has 7 heteroatoms. The number of amides is 2. The van der Waals surface area contributed by atoms with Crippen molar-refractivity contribution < 1.29 is 24.2 Å². The Kier molecular flexibility index (Phi) is 8.02. The molecule has 3 rings (SSSR count). The smallest absolute Gasteiger partial charge is 0.306 e. The molecule has 1 saturated heterocycles. The second-order valence-corrected chi connectivity index (χ2v) is 7.87. The number of benzene rings is 1. The van der Waals surface area contributed by atoms with Crippen molar-refractivity contribution in [2.24, 2.45) is 5.92 Å². The lowest BCUT2D eigenvalue weighted by Gasteiger charge is -2.26. The third-order valence-corrected chi connectivity index (χ3v) is 5.73. The number of rotatable bonds is 4. The summed E-state index contributed by atoms with van der Waals surface area (Å²) in [7, 11) is 0. The zero-order chi connectivity index (χ0) is 21.3. The van der Waals surface area contributed by atoms with Gasteiger partial charge in [-0.2, -0.15) is 0 Å². The molecule has 0 spiro atoms. The van der Waals surface area contributed by atoms with E-state index in [2.05, 4.69) is 5.32 Å². The van der Waals surface area contributed by atoms with Gasteiger partial charge in [-0.1, -0.05) is 42.5 Å². The Morgan fingerprint density at radius 2 is 2.00 bits per heavy atom. The van der Waals surface area contributed by atoms with Crippen molar-refractivity contribution in [1.29, 1.82) is 0 Å². The molecule has 2 amide bonds. The standard InChI is InChI=1S/C23H30N2O5/c26-15-19-11-7-13-25(19)21(27)14-18-10-5-2-6-12-22(28)30-16-20(24-23(18)29)17-8-3-1-4-9-17/h1-5,8-9,18-20,26H,6-7,10-16H2,(H,24,29). The Morgan fingerprint density at radius 1 is 1.20 bits per heavy atom. The number of cyclic esters (lactones) is 1. The summed E-state index contributed by atoms with van der Waals surface area (Å²) in [5.74, 6) is -1.16. The van der Waals surface area contributed by atoms with E-state index in [9.17, 15) is 19.5 Å². The van der Waals surface area contributed by atoms with Gasteiger partial charge in [0.1, 0.15) is 6.61 Å². The Labute approximate surface area is 177 Å². The van der Waals surface area contributed by atoms with Crippen molar-refractivity contribution in [3.05, 3.63) is 48.0 Å². The average Bonchev–Trinajstić information content (AvgIpc) is 3.24. The van der Waals surface area contributed by atoms with Gasteiger partial charge < -0.3 is 20.1 Å². The number of carbonyl (C=O) groups is 3. The van der Waals surface area contributed by atoms with Gasteiger partial charge in [-0.25, -0.2) is 0 Å². The molecule has 0 bridgehead atoms. The minimum atomic E-state index is -0.518. The fourth-order valence-electron chi connectivity index (χ4n) is 3.99. The van der Waals surface area contributed by atoms with Crippen LogP contribution < -0.4 is 5.32 Å². The zero-order valence-corrected chi connectivity index (χ0v) is 17.2. The number of nitrogens with one attached hydrogen (secondary N) is 1. The summed E-state index contributed by atoms with van der Waals surface area (Å²) >= 11 is 0. The van der Waals surface area contributed by atoms with Gasteiger partial charge in [-0.3, -0.25) is 14.4 Å². The fourth-order valence-corrected chi connectivity index (χ4v) is 3.99. The monoisotopic (exact) mass is 414 g/mol. The predicted molar refractivity (Wildman–Crippen MR) is 111 cm³/mol. The van der Waals surface area contributed by atoms with E-state index in [0.29, 0.717) is 19.4 Å². The number of aliphatic hydroxyl groups is 1. The van der Waals surface area contributed by atoms with Crippen LogP contribution >= 0.6 is 0 Å². The van der Waals surface area contributed by atoms with E-state index < -0.39 is 12.0 Å². The van der Waals surface area contributed by atoms with E-state index in [1.807, 2.05) is 42.5 Å². The van der Waals surface area contributed by atoms with Gasteiger partial charge in [0, 0.05) is 19.4 Å². The number of aliphatic hydroxyl groups excluding tert-OH is 1. The summed E-state index contributed by atoms with van der Waals surface area (Å²) in [5.41, 5.74) is 0.844. The third-order valence-electron chi connectivity index (χ3n) is 5.73. The van der Waals surface area contributed by atoms with Gasteiger partial charge in [0.25, 0.3) is 0 Å². The molecule has 1 aromatic rings. The maximum atomic E-state index is 13.1. The number of likely N-dealkylation sites (tertiary alicyclic amines) is 1. The van der Waals surface area contributed by atoms with Gasteiger partial charge in [-0.15, -0.1) is 0 Å². The summed E-state index contributed by atoms with van der Waals surface area (Å²) in [4.78, 5) is 39.6. The van der Waals surface area contributed by atoms with Crippen LogP contribution in [0.2, 0.25) is 0 Å². The largest absolute Gasteiger partial charge is 0.463 e. The predicted octanol–water partition coefficient (Wildman–Crippen LogP) is 2.12. The average molecular weight is 415 g/mol. The minimum Gasteiger partial charge on any atom is -0.463 e. The first-order chi connectivity index (χ1) is 14.6. The van der Waals surface area contributed by atoms with E-state index in [4.69, 9.17) is 4.74 Å². The van der Waals surface area contributed by atoms with Gasteiger partial charge in [-0.05, 0) is 31.2 Å². The molecule has 0 saturated carbocycles. The van der Waals surface area contributed by atoms with E-state index in [-0.39, 0.29) is 49.9 Å². The Balaban J connectivity index is 1.75. The lowest BCUT2D eigenvalue weighted by atomic mass is 9.97. The maximum Gasteiger partial charge on any atom is 0.306 e. The number of esters is 1. The number of hydrogen-bond acceptors (Lipinski definition) is 5. The molecule has 2 N–H and O–H groups in total. The second-order valence-electron chi connectivity index (χ2n) is 7.87. The van der Waals surface area contributed by atoms with Crippen LogP contribution in [0.4, 0.5) is 0 Å². The van der Waals surface area contributed by atoms with Crippen LogP contribution in [0.15, 0.2) is 42.5 Å². The lowest BCUT2D eigenvalue weighted by molar-refractivity contribution is -0.145. The molecular formula is C23H30N2O5. The molecule has 2 heterocycles. The highest BCUT2D eigenvalue weighted by Crippen LogP contribution is 2.22. The molecule has 0 aromatic heterocycles. The Morgan fingerprint density at radius 3 is 2.77 bits per heavy atom. The zero-order valence-electron chi connectivity index (χ0n) is 17.2. The third kappa shape index (κ3) is 5.92. The second kappa shape index (κ2) is 10.9. The van der Waals surface area contributed by atoms with E-state index in [0.717, 1.165) is 18.4 Å². The summed E-state index contributed by atoms with van der Waals surface area (Å²) < 4.78 is 5.37. The molecule has 0 radical (unpaired) electrons. The van der Waals surface area contributed by atoms with Crippen molar-refractivity contribution in [2.75, 3.05) is 19.8 Å². The summed E-state index contributed by atoms with van der Waals surface area (Å²) in [6.07, 6.45) is 6.71. The molecule has 1 aromatic carbocycles. The van der Waals surface area contributed by atoms with Crippen LogP contribution in [0, 0.1) is 5.92 Å². The number of allylic oxidation sites excluding steroid dienone is 2. The van der Waals surface area contributed by atoms with Crippen LogP contribution in [0.25, 0.3) is 0 Å². The summed E-state index contributed by atoms with van der Waals surface area (Å²) in [5, 5.41) is 12.5. The Hall–Kier alpha value is -2.67. The fraction of sp³-hybridized carbons (Fsp3) is 0.522. The molecule has 30 heavy (non-hydrogen) atoms. The van der Waals surface area contributed by atoms with E-state index in [1.165, 1.54) is 0 Å². The first kappa shape index (κ1) is 22.0. The molecule has 3 unspecified atom stereocenters. The van der Waals surface area contributed by atoms with Crippen LogP contribution in [0.5, 0.6) is 0 Å². The maximum absolute atomic E-state index is 13.1. The van der Waals surface area contributed by atoms with Crippen LogP contribution in [-0.2, 0) is 19.1 Å². The Bertz CT molecular complexity index is 764. The topological polar surface area (TPSA) is 95.9 Å². The quantitative estimate of drug-likeness (QED) is 0.581. The SMILES string of the molecule is O=C1CCC=CCC(CC(=O)N2CCCC2CO)C(=O)NC(c2ccccc2)CO1. The molecule has 2 aliphatic rings. The van der Waals surface area contributed by atoms with E-state index >= 15 is 0 Å². The molecular weight excluding hydrogens is 384 g/mol. The first-order valence-corrected chi connectivity index (χ1v) is 10.6.